The maximum Gasteiger partial charge on any atom is 0.308 e. The first-order valence-electron chi connectivity index (χ1n) is 10.5. The van der Waals surface area contributed by atoms with Crippen LogP contribution in [0.3, 0.4) is 0 Å². The second-order valence-electron chi connectivity index (χ2n) is 8.59. The molecule has 7 heteroatoms. The number of carboxylic acids is 1. The Kier molecular flexibility index (Phi) is 6.83. The Hall–Kier alpha value is -3.40. The third-order valence-electron chi connectivity index (χ3n) is 5.95. The van der Waals surface area contributed by atoms with Gasteiger partial charge in [-0.15, -0.1) is 0 Å². The summed E-state index contributed by atoms with van der Waals surface area (Å²) in [5.74, 6) is -2.52. The van der Waals surface area contributed by atoms with E-state index in [4.69, 9.17) is 4.74 Å². The number of aliphatic carboxylic acids is 1. The van der Waals surface area contributed by atoms with Gasteiger partial charge in [0.2, 0.25) is 6.17 Å². The molecule has 3 atom stereocenters. The monoisotopic (exact) mass is 438 g/mol. The highest BCUT2D eigenvalue weighted by Crippen LogP contribution is 2.45. The zero-order chi connectivity index (χ0) is 23.5. The van der Waals surface area contributed by atoms with Gasteiger partial charge < -0.3 is 15.2 Å². The number of carbonyl (C=O) groups is 2. The molecule has 0 heterocycles. The van der Waals surface area contributed by atoms with E-state index in [1.165, 1.54) is 19.1 Å². The average Bonchev–Trinajstić information content (AvgIpc) is 3.57. The SMILES string of the molecule is Cc1ccc([C@H](F)C(=O)N[C@H](c2ccc(C)c(OCC3(C#N)CC3)c2)[C@@H](C)C(=O)O)cc1. The smallest absolute Gasteiger partial charge is 0.308 e. The Balaban J connectivity index is 1.83. The lowest BCUT2D eigenvalue weighted by Crippen LogP contribution is -2.37. The summed E-state index contributed by atoms with van der Waals surface area (Å²) in [5.41, 5.74) is 1.99. The van der Waals surface area contributed by atoms with Crippen molar-refractivity contribution in [2.45, 2.75) is 45.8 Å². The maximum atomic E-state index is 14.8. The number of alkyl halides is 1. The van der Waals surface area contributed by atoms with Crippen LogP contribution in [0.2, 0.25) is 0 Å². The molecule has 3 rings (SSSR count). The second kappa shape index (κ2) is 9.39. The molecule has 0 aliphatic heterocycles. The minimum absolute atomic E-state index is 0.203. The van der Waals surface area contributed by atoms with E-state index in [2.05, 4.69) is 11.4 Å². The van der Waals surface area contributed by atoms with Gasteiger partial charge in [0.05, 0.1) is 23.4 Å². The lowest BCUT2D eigenvalue weighted by atomic mass is 9.93. The van der Waals surface area contributed by atoms with E-state index in [-0.39, 0.29) is 12.2 Å². The Morgan fingerprint density at radius 1 is 1.19 bits per heavy atom. The molecule has 1 aliphatic carbocycles. The summed E-state index contributed by atoms with van der Waals surface area (Å²) in [7, 11) is 0. The normalized spacial score (nSPS) is 16.8. The molecule has 0 unspecified atom stereocenters. The molecule has 1 fully saturated rings. The van der Waals surface area contributed by atoms with Crippen LogP contribution < -0.4 is 10.1 Å². The molecule has 1 amide bonds. The quantitative estimate of drug-likeness (QED) is 0.597. The van der Waals surface area contributed by atoms with E-state index in [9.17, 15) is 24.3 Å². The number of hydrogen-bond donors (Lipinski definition) is 2. The number of aryl methyl sites for hydroxylation is 2. The van der Waals surface area contributed by atoms with Crippen molar-refractivity contribution in [2.75, 3.05) is 6.61 Å². The van der Waals surface area contributed by atoms with Gasteiger partial charge in [-0.2, -0.15) is 5.26 Å². The van der Waals surface area contributed by atoms with E-state index in [0.717, 1.165) is 24.0 Å². The molecule has 2 aromatic carbocycles. The summed E-state index contributed by atoms with van der Waals surface area (Å²) in [4.78, 5) is 24.4. The van der Waals surface area contributed by atoms with Crippen LogP contribution in [0.25, 0.3) is 0 Å². The fraction of sp³-hybridized carbons (Fsp3) is 0.400. The highest BCUT2D eigenvalue weighted by molar-refractivity contribution is 5.83. The van der Waals surface area contributed by atoms with Gasteiger partial charge in [-0.05, 0) is 56.4 Å². The zero-order valence-corrected chi connectivity index (χ0v) is 18.4. The number of halogens is 1. The number of nitriles is 1. The molecule has 32 heavy (non-hydrogen) atoms. The Labute approximate surface area is 187 Å². The van der Waals surface area contributed by atoms with Crippen molar-refractivity contribution in [1.29, 1.82) is 5.26 Å². The lowest BCUT2D eigenvalue weighted by molar-refractivity contribution is -0.142. The summed E-state index contributed by atoms with van der Waals surface area (Å²) in [5, 5.41) is 21.4. The Morgan fingerprint density at radius 3 is 2.38 bits per heavy atom. The van der Waals surface area contributed by atoms with E-state index in [1.54, 1.807) is 30.3 Å². The van der Waals surface area contributed by atoms with Crippen molar-refractivity contribution in [3.8, 4) is 11.8 Å². The molecule has 0 aromatic heterocycles. The van der Waals surface area contributed by atoms with Crippen LogP contribution in [0.5, 0.6) is 5.75 Å². The summed E-state index contributed by atoms with van der Waals surface area (Å²) in [6.45, 7) is 5.41. The number of carboxylic acid groups (broad SMARTS) is 1. The zero-order valence-electron chi connectivity index (χ0n) is 18.4. The largest absolute Gasteiger partial charge is 0.492 e. The molecular weight excluding hydrogens is 411 g/mol. The van der Waals surface area contributed by atoms with Gasteiger partial charge in [-0.1, -0.05) is 42.0 Å². The van der Waals surface area contributed by atoms with Crippen molar-refractivity contribution < 1.29 is 23.8 Å². The third-order valence-corrected chi connectivity index (χ3v) is 5.95. The molecule has 1 aliphatic rings. The topological polar surface area (TPSA) is 99.4 Å². The van der Waals surface area contributed by atoms with Gasteiger partial charge in [-0.25, -0.2) is 4.39 Å². The molecule has 6 nitrogen and oxygen atoms in total. The van der Waals surface area contributed by atoms with Crippen LogP contribution in [-0.2, 0) is 9.59 Å². The number of nitrogens with one attached hydrogen (secondary N) is 1. The first kappa shape index (κ1) is 23.3. The van der Waals surface area contributed by atoms with E-state index < -0.39 is 35.4 Å². The van der Waals surface area contributed by atoms with E-state index >= 15 is 0 Å². The molecule has 168 valence electrons. The van der Waals surface area contributed by atoms with Crippen LogP contribution in [0.1, 0.15) is 54.2 Å². The first-order chi connectivity index (χ1) is 15.2. The molecule has 0 bridgehead atoms. The van der Waals surface area contributed by atoms with Crippen LogP contribution in [-0.4, -0.2) is 23.6 Å². The number of carbonyl (C=O) groups excluding carboxylic acids is 1. The van der Waals surface area contributed by atoms with Gasteiger partial charge in [0, 0.05) is 0 Å². The van der Waals surface area contributed by atoms with Crippen molar-refractivity contribution >= 4 is 11.9 Å². The Morgan fingerprint density at radius 2 is 1.81 bits per heavy atom. The molecule has 0 radical (unpaired) electrons. The van der Waals surface area contributed by atoms with Crippen molar-refractivity contribution in [2.24, 2.45) is 11.3 Å². The van der Waals surface area contributed by atoms with Crippen LogP contribution in [0.15, 0.2) is 42.5 Å². The van der Waals surface area contributed by atoms with Gasteiger partial charge in [0.15, 0.2) is 0 Å². The van der Waals surface area contributed by atoms with Crippen LogP contribution >= 0.6 is 0 Å². The summed E-state index contributed by atoms with van der Waals surface area (Å²) in [6.07, 6.45) is -0.354. The summed E-state index contributed by atoms with van der Waals surface area (Å²) >= 11 is 0. The predicted molar refractivity (Wildman–Crippen MR) is 117 cm³/mol. The number of hydrogen-bond acceptors (Lipinski definition) is 4. The number of benzene rings is 2. The Bertz CT molecular complexity index is 1040. The number of ether oxygens (including phenoxy) is 1. The highest BCUT2D eigenvalue weighted by Gasteiger charge is 2.44. The van der Waals surface area contributed by atoms with Crippen molar-refractivity contribution in [1.82, 2.24) is 5.32 Å². The lowest BCUT2D eigenvalue weighted by Gasteiger charge is -2.25. The number of amides is 1. The molecular formula is C25H27FN2O4. The minimum Gasteiger partial charge on any atom is -0.492 e. The standard InChI is InChI=1S/C25H27FN2O4/c1-15-4-7-18(8-5-15)21(26)23(29)28-22(17(3)24(30)31)19-9-6-16(2)20(12-19)32-14-25(13-27)10-11-25/h4-9,12,17,21-22H,10-11,14H2,1-3H3,(H,28,29)(H,30,31)/t17-,21+,22+/m1/s1. The number of rotatable bonds is 9. The number of nitrogens with zero attached hydrogens (tertiary/aromatic N) is 1. The van der Waals surface area contributed by atoms with Gasteiger partial charge in [-0.3, -0.25) is 9.59 Å². The third kappa shape index (κ3) is 5.25. The highest BCUT2D eigenvalue weighted by atomic mass is 19.1. The molecule has 2 aromatic rings. The molecule has 0 saturated heterocycles. The van der Waals surface area contributed by atoms with Crippen molar-refractivity contribution in [3.05, 3.63) is 64.7 Å². The fourth-order valence-electron chi connectivity index (χ4n) is 3.37. The second-order valence-corrected chi connectivity index (χ2v) is 8.59. The minimum atomic E-state index is -1.93. The maximum absolute atomic E-state index is 14.8. The fourth-order valence-corrected chi connectivity index (χ4v) is 3.37. The van der Waals surface area contributed by atoms with E-state index in [0.29, 0.717) is 11.3 Å². The van der Waals surface area contributed by atoms with Crippen LogP contribution in [0, 0.1) is 36.5 Å². The first-order valence-corrected chi connectivity index (χ1v) is 10.5. The predicted octanol–water partition coefficient (Wildman–Crippen LogP) is 4.57. The van der Waals surface area contributed by atoms with Gasteiger partial charge in [0.1, 0.15) is 12.4 Å². The van der Waals surface area contributed by atoms with E-state index in [1.807, 2.05) is 13.8 Å². The average molecular weight is 438 g/mol. The summed E-state index contributed by atoms with van der Waals surface area (Å²) < 4.78 is 20.7. The van der Waals surface area contributed by atoms with Gasteiger partial charge >= 0.3 is 5.97 Å². The van der Waals surface area contributed by atoms with Gasteiger partial charge in [0.25, 0.3) is 5.91 Å². The molecule has 1 saturated carbocycles. The van der Waals surface area contributed by atoms with Crippen molar-refractivity contribution in [3.63, 3.8) is 0 Å². The van der Waals surface area contributed by atoms with Crippen LogP contribution in [0.4, 0.5) is 4.39 Å². The summed E-state index contributed by atoms with van der Waals surface area (Å²) in [6, 6.07) is 12.9. The molecule has 0 spiro atoms. The molecule has 2 N–H and O–H groups in total.